The summed E-state index contributed by atoms with van der Waals surface area (Å²) in [5, 5.41) is 10.1. The number of pyridine rings is 1. The standard InChI is InChI=1S/C11H16N2O/c1-11(2)5-8(11)10(14)7-6-13-4-3-9(7)12/h3-4,6,8,10,14H,5H2,1-2H3,(H2,12,13). The molecule has 1 fully saturated rings. The van der Waals surface area contributed by atoms with Gasteiger partial charge in [-0.15, -0.1) is 0 Å². The summed E-state index contributed by atoms with van der Waals surface area (Å²) in [4.78, 5) is 3.98. The van der Waals surface area contributed by atoms with Crippen molar-refractivity contribution in [2.45, 2.75) is 26.4 Å². The molecule has 0 aromatic carbocycles. The number of hydrogen-bond acceptors (Lipinski definition) is 3. The number of aromatic nitrogens is 1. The second-order valence-corrected chi connectivity index (χ2v) is 4.75. The highest BCUT2D eigenvalue weighted by atomic mass is 16.3. The topological polar surface area (TPSA) is 59.1 Å². The summed E-state index contributed by atoms with van der Waals surface area (Å²) < 4.78 is 0. The van der Waals surface area contributed by atoms with Gasteiger partial charge < -0.3 is 10.8 Å². The third-order valence-corrected chi connectivity index (χ3v) is 3.18. The number of hydrogen-bond donors (Lipinski definition) is 2. The van der Waals surface area contributed by atoms with E-state index in [2.05, 4.69) is 18.8 Å². The van der Waals surface area contributed by atoms with Crippen molar-refractivity contribution in [3.8, 4) is 0 Å². The van der Waals surface area contributed by atoms with E-state index in [4.69, 9.17) is 5.73 Å². The lowest BCUT2D eigenvalue weighted by molar-refractivity contribution is 0.139. The molecular weight excluding hydrogens is 176 g/mol. The molecule has 0 spiro atoms. The lowest BCUT2D eigenvalue weighted by Gasteiger charge is -2.14. The molecule has 0 radical (unpaired) electrons. The Kier molecular flexibility index (Phi) is 2.00. The molecule has 0 aliphatic heterocycles. The Morgan fingerprint density at radius 1 is 1.64 bits per heavy atom. The van der Waals surface area contributed by atoms with Crippen LogP contribution in [-0.2, 0) is 0 Å². The number of aliphatic hydroxyl groups is 1. The third kappa shape index (κ3) is 1.48. The third-order valence-electron chi connectivity index (χ3n) is 3.18. The molecule has 1 aromatic rings. The van der Waals surface area contributed by atoms with Crippen LogP contribution in [0.25, 0.3) is 0 Å². The molecule has 1 aliphatic rings. The summed E-state index contributed by atoms with van der Waals surface area (Å²) in [6, 6.07) is 1.73. The normalized spacial score (nSPS) is 25.8. The lowest BCUT2D eigenvalue weighted by atomic mass is 10.00. The highest BCUT2D eigenvalue weighted by molar-refractivity contribution is 5.46. The highest BCUT2D eigenvalue weighted by Gasteiger charge is 2.50. The fourth-order valence-electron chi connectivity index (χ4n) is 1.93. The van der Waals surface area contributed by atoms with Crippen molar-refractivity contribution in [1.29, 1.82) is 0 Å². The van der Waals surface area contributed by atoms with Crippen LogP contribution in [0.5, 0.6) is 0 Å². The Morgan fingerprint density at radius 3 is 2.79 bits per heavy atom. The molecule has 1 heterocycles. The summed E-state index contributed by atoms with van der Waals surface area (Å²) in [6.07, 6.45) is 3.90. The molecule has 2 rings (SSSR count). The van der Waals surface area contributed by atoms with Crippen molar-refractivity contribution in [3.63, 3.8) is 0 Å². The van der Waals surface area contributed by atoms with Crippen LogP contribution in [-0.4, -0.2) is 10.1 Å². The minimum atomic E-state index is -0.460. The molecular formula is C11H16N2O. The maximum absolute atomic E-state index is 10.1. The summed E-state index contributed by atoms with van der Waals surface area (Å²) in [7, 11) is 0. The molecule has 3 nitrogen and oxygen atoms in total. The first kappa shape index (κ1) is 9.46. The maximum atomic E-state index is 10.1. The van der Waals surface area contributed by atoms with E-state index < -0.39 is 6.10 Å². The Labute approximate surface area is 84.0 Å². The average molecular weight is 192 g/mol. The molecule has 3 N–H and O–H groups in total. The van der Waals surface area contributed by atoms with Crippen molar-refractivity contribution in [3.05, 3.63) is 24.0 Å². The molecule has 2 atom stereocenters. The van der Waals surface area contributed by atoms with E-state index in [-0.39, 0.29) is 5.41 Å². The van der Waals surface area contributed by atoms with E-state index in [1.165, 1.54) is 0 Å². The average Bonchev–Trinajstić information content (AvgIpc) is 2.75. The Balaban J connectivity index is 2.21. The largest absolute Gasteiger partial charge is 0.398 e. The zero-order valence-electron chi connectivity index (χ0n) is 8.57. The summed E-state index contributed by atoms with van der Waals surface area (Å²) in [5.74, 6) is 0.328. The SMILES string of the molecule is CC1(C)CC1C(O)c1cnccc1N. The van der Waals surface area contributed by atoms with Gasteiger partial charge in [-0.05, 0) is 23.8 Å². The molecule has 76 valence electrons. The van der Waals surface area contributed by atoms with Crippen molar-refractivity contribution < 1.29 is 5.11 Å². The van der Waals surface area contributed by atoms with Crippen LogP contribution in [0.4, 0.5) is 5.69 Å². The first-order chi connectivity index (χ1) is 6.52. The van der Waals surface area contributed by atoms with Crippen LogP contribution < -0.4 is 5.73 Å². The van der Waals surface area contributed by atoms with Gasteiger partial charge >= 0.3 is 0 Å². The summed E-state index contributed by atoms with van der Waals surface area (Å²) in [6.45, 7) is 4.32. The van der Waals surface area contributed by atoms with Gasteiger partial charge in [0.1, 0.15) is 0 Å². The second-order valence-electron chi connectivity index (χ2n) is 4.75. The van der Waals surface area contributed by atoms with E-state index in [1.54, 1.807) is 18.5 Å². The van der Waals surface area contributed by atoms with Gasteiger partial charge in [0.2, 0.25) is 0 Å². The van der Waals surface area contributed by atoms with Gasteiger partial charge in [0, 0.05) is 23.6 Å². The van der Waals surface area contributed by atoms with Gasteiger partial charge in [-0.3, -0.25) is 4.98 Å². The fraction of sp³-hybridized carbons (Fsp3) is 0.545. The fourth-order valence-corrected chi connectivity index (χ4v) is 1.93. The van der Waals surface area contributed by atoms with E-state index in [0.717, 1.165) is 12.0 Å². The van der Waals surface area contributed by atoms with E-state index in [1.807, 2.05) is 0 Å². The second kappa shape index (κ2) is 2.95. The van der Waals surface area contributed by atoms with Gasteiger partial charge in [0.25, 0.3) is 0 Å². The molecule has 1 saturated carbocycles. The van der Waals surface area contributed by atoms with Crippen molar-refractivity contribution in [2.75, 3.05) is 5.73 Å². The molecule has 1 aliphatic carbocycles. The van der Waals surface area contributed by atoms with Crippen LogP contribution >= 0.6 is 0 Å². The van der Waals surface area contributed by atoms with Crippen LogP contribution in [0.15, 0.2) is 18.5 Å². The number of nitrogen functional groups attached to an aromatic ring is 1. The molecule has 1 aromatic heterocycles. The minimum absolute atomic E-state index is 0.252. The van der Waals surface area contributed by atoms with Gasteiger partial charge in [0.15, 0.2) is 0 Å². The molecule has 0 amide bonds. The molecule has 0 bridgehead atoms. The number of nitrogens with zero attached hydrogens (tertiary/aromatic N) is 1. The van der Waals surface area contributed by atoms with E-state index in [9.17, 15) is 5.11 Å². The van der Waals surface area contributed by atoms with Gasteiger partial charge in [-0.1, -0.05) is 13.8 Å². The van der Waals surface area contributed by atoms with Crippen LogP contribution in [0.1, 0.15) is 31.9 Å². The minimum Gasteiger partial charge on any atom is -0.398 e. The molecule has 3 heteroatoms. The van der Waals surface area contributed by atoms with Crippen molar-refractivity contribution >= 4 is 5.69 Å². The molecule has 0 saturated heterocycles. The molecule has 2 unspecified atom stereocenters. The van der Waals surface area contributed by atoms with Crippen molar-refractivity contribution in [2.24, 2.45) is 11.3 Å². The quantitative estimate of drug-likeness (QED) is 0.750. The van der Waals surface area contributed by atoms with E-state index >= 15 is 0 Å². The number of nitrogens with two attached hydrogens (primary N) is 1. The maximum Gasteiger partial charge on any atom is 0.0858 e. The zero-order valence-corrected chi connectivity index (χ0v) is 8.57. The van der Waals surface area contributed by atoms with Gasteiger partial charge in [-0.25, -0.2) is 0 Å². The predicted octanol–water partition coefficient (Wildman–Crippen LogP) is 1.74. The van der Waals surface area contributed by atoms with E-state index in [0.29, 0.717) is 11.6 Å². The Morgan fingerprint density at radius 2 is 2.29 bits per heavy atom. The number of anilines is 1. The highest BCUT2D eigenvalue weighted by Crippen LogP contribution is 2.58. The van der Waals surface area contributed by atoms with Crippen molar-refractivity contribution in [1.82, 2.24) is 4.98 Å². The predicted molar refractivity (Wildman–Crippen MR) is 55.5 cm³/mol. The van der Waals surface area contributed by atoms with Crippen LogP contribution in [0, 0.1) is 11.3 Å². The molecule has 14 heavy (non-hydrogen) atoms. The first-order valence-corrected chi connectivity index (χ1v) is 4.90. The first-order valence-electron chi connectivity index (χ1n) is 4.90. The van der Waals surface area contributed by atoms with Gasteiger partial charge in [-0.2, -0.15) is 0 Å². The zero-order chi connectivity index (χ0) is 10.3. The van der Waals surface area contributed by atoms with Gasteiger partial charge in [0.05, 0.1) is 6.10 Å². The smallest absolute Gasteiger partial charge is 0.0858 e. The van der Waals surface area contributed by atoms with Crippen LogP contribution in [0.2, 0.25) is 0 Å². The number of aliphatic hydroxyl groups excluding tert-OH is 1. The summed E-state index contributed by atoms with van der Waals surface area (Å²) >= 11 is 0. The number of rotatable bonds is 2. The monoisotopic (exact) mass is 192 g/mol. The van der Waals surface area contributed by atoms with Crippen LogP contribution in [0.3, 0.4) is 0 Å². The Hall–Kier alpha value is -1.09. The summed E-state index contributed by atoms with van der Waals surface area (Å²) in [5.41, 5.74) is 7.43. The lowest BCUT2D eigenvalue weighted by Crippen LogP contribution is -2.07. The Bertz CT molecular complexity index is 349.